The monoisotopic (exact) mass is 421 g/mol. The molecule has 2 amide bonds. The van der Waals surface area contributed by atoms with Crippen molar-refractivity contribution in [1.29, 1.82) is 0 Å². The number of nitrogens with zero attached hydrogens (tertiary/aromatic N) is 3. The summed E-state index contributed by atoms with van der Waals surface area (Å²) in [7, 11) is 1.60. The zero-order valence-corrected chi connectivity index (χ0v) is 18.6. The number of rotatable bonds is 5. The quantitative estimate of drug-likeness (QED) is 0.646. The first-order valence-corrected chi connectivity index (χ1v) is 9.90. The van der Waals surface area contributed by atoms with Gasteiger partial charge in [-0.2, -0.15) is 0 Å². The Morgan fingerprint density at radius 3 is 2.29 bits per heavy atom. The van der Waals surface area contributed by atoms with Gasteiger partial charge in [-0.3, -0.25) is 9.59 Å². The molecule has 0 unspecified atom stereocenters. The summed E-state index contributed by atoms with van der Waals surface area (Å²) in [5.41, 5.74) is 3.65. The number of aromatic nitrogens is 3. The van der Waals surface area contributed by atoms with E-state index >= 15 is 0 Å². The number of ether oxygens (including phenoxy) is 1. The number of amides is 2. The van der Waals surface area contributed by atoms with E-state index in [1.165, 1.54) is 6.92 Å². The molecule has 0 aliphatic rings. The Kier molecular flexibility index (Phi) is 6.10. The van der Waals surface area contributed by atoms with Crippen molar-refractivity contribution in [2.45, 2.75) is 40.0 Å². The summed E-state index contributed by atoms with van der Waals surface area (Å²) < 4.78 is 6.78. The summed E-state index contributed by atoms with van der Waals surface area (Å²) in [4.78, 5) is 24.4. The molecule has 0 radical (unpaired) electrons. The van der Waals surface area contributed by atoms with Gasteiger partial charge in [-0.25, -0.2) is 4.68 Å². The molecular formula is C23H27N5O3. The second-order valence-electron chi connectivity index (χ2n) is 8.28. The lowest BCUT2D eigenvalue weighted by molar-refractivity contribution is -0.114. The van der Waals surface area contributed by atoms with Crippen LogP contribution in [0.25, 0.3) is 5.69 Å². The predicted octanol–water partition coefficient (Wildman–Crippen LogP) is 4.09. The highest BCUT2D eigenvalue weighted by atomic mass is 16.5. The van der Waals surface area contributed by atoms with Crippen LogP contribution in [0.2, 0.25) is 0 Å². The van der Waals surface area contributed by atoms with Crippen LogP contribution in [0.15, 0.2) is 42.5 Å². The standard InChI is InChI=1S/C23H27N5O3/c1-14-21(26-27-28(14)17-8-10-18(31-6)11-9-17)22(30)25-16-7-12-20(24-15(2)29)19(13-16)23(3,4)5/h7-13H,1-6H3,(H,24,29)(H,25,30). The number of benzene rings is 2. The number of anilines is 2. The van der Waals surface area contributed by atoms with Gasteiger partial charge in [-0.1, -0.05) is 26.0 Å². The van der Waals surface area contributed by atoms with Crippen LogP contribution in [-0.4, -0.2) is 33.9 Å². The molecular weight excluding hydrogens is 394 g/mol. The predicted molar refractivity (Wildman–Crippen MR) is 120 cm³/mol. The van der Waals surface area contributed by atoms with Crippen LogP contribution in [-0.2, 0) is 10.2 Å². The molecule has 0 fully saturated rings. The Morgan fingerprint density at radius 2 is 1.71 bits per heavy atom. The van der Waals surface area contributed by atoms with E-state index in [0.717, 1.165) is 22.7 Å². The van der Waals surface area contributed by atoms with Crippen LogP contribution >= 0.6 is 0 Å². The molecule has 0 aliphatic carbocycles. The van der Waals surface area contributed by atoms with Gasteiger partial charge in [0, 0.05) is 18.3 Å². The summed E-state index contributed by atoms with van der Waals surface area (Å²) in [6.45, 7) is 9.40. The van der Waals surface area contributed by atoms with Gasteiger partial charge in [-0.05, 0) is 60.4 Å². The summed E-state index contributed by atoms with van der Waals surface area (Å²) in [6, 6.07) is 12.7. The van der Waals surface area contributed by atoms with Crippen molar-refractivity contribution < 1.29 is 14.3 Å². The Labute approximate surface area is 181 Å². The van der Waals surface area contributed by atoms with Crippen LogP contribution in [0.1, 0.15) is 49.4 Å². The molecule has 1 aromatic heterocycles. The summed E-state index contributed by atoms with van der Waals surface area (Å²) in [5.74, 6) is 0.231. The summed E-state index contributed by atoms with van der Waals surface area (Å²) in [6.07, 6.45) is 0. The number of hydrogen-bond donors (Lipinski definition) is 2. The molecule has 0 saturated heterocycles. The zero-order valence-electron chi connectivity index (χ0n) is 18.6. The Balaban J connectivity index is 1.86. The zero-order chi connectivity index (χ0) is 22.8. The maximum absolute atomic E-state index is 12.9. The van der Waals surface area contributed by atoms with Crippen molar-refractivity contribution in [3.8, 4) is 11.4 Å². The van der Waals surface area contributed by atoms with E-state index in [0.29, 0.717) is 11.4 Å². The van der Waals surface area contributed by atoms with Crippen LogP contribution < -0.4 is 15.4 Å². The maximum atomic E-state index is 12.9. The number of hydrogen-bond acceptors (Lipinski definition) is 5. The normalized spacial score (nSPS) is 11.2. The SMILES string of the molecule is COc1ccc(-n2nnc(C(=O)Nc3ccc(NC(C)=O)c(C(C)(C)C)c3)c2C)cc1. The molecule has 162 valence electrons. The van der Waals surface area contributed by atoms with E-state index in [-0.39, 0.29) is 22.9 Å². The Morgan fingerprint density at radius 1 is 1.03 bits per heavy atom. The second-order valence-corrected chi connectivity index (χ2v) is 8.28. The van der Waals surface area contributed by atoms with Crippen LogP contribution in [0.5, 0.6) is 5.75 Å². The van der Waals surface area contributed by atoms with Crippen molar-refractivity contribution in [2.24, 2.45) is 0 Å². The fourth-order valence-electron chi connectivity index (χ4n) is 3.24. The van der Waals surface area contributed by atoms with Crippen LogP contribution in [0.3, 0.4) is 0 Å². The topological polar surface area (TPSA) is 98.1 Å². The lowest BCUT2D eigenvalue weighted by atomic mass is 9.85. The van der Waals surface area contributed by atoms with Crippen molar-refractivity contribution in [3.05, 3.63) is 59.4 Å². The average Bonchev–Trinajstić information content (AvgIpc) is 3.09. The lowest BCUT2D eigenvalue weighted by Crippen LogP contribution is -2.19. The highest BCUT2D eigenvalue weighted by Crippen LogP contribution is 2.32. The number of carbonyl (C=O) groups is 2. The van der Waals surface area contributed by atoms with E-state index in [9.17, 15) is 9.59 Å². The van der Waals surface area contributed by atoms with E-state index < -0.39 is 0 Å². The third-order valence-corrected chi connectivity index (χ3v) is 4.82. The van der Waals surface area contributed by atoms with Gasteiger partial charge in [0.05, 0.1) is 18.5 Å². The number of nitrogens with one attached hydrogen (secondary N) is 2. The van der Waals surface area contributed by atoms with E-state index in [1.807, 2.05) is 51.1 Å². The van der Waals surface area contributed by atoms with Crippen LogP contribution in [0.4, 0.5) is 11.4 Å². The highest BCUT2D eigenvalue weighted by molar-refractivity contribution is 6.04. The van der Waals surface area contributed by atoms with Crippen molar-refractivity contribution in [1.82, 2.24) is 15.0 Å². The average molecular weight is 422 g/mol. The minimum atomic E-state index is -0.357. The maximum Gasteiger partial charge on any atom is 0.278 e. The van der Waals surface area contributed by atoms with Gasteiger partial charge in [-0.15, -0.1) is 5.10 Å². The van der Waals surface area contributed by atoms with Gasteiger partial charge in [0.15, 0.2) is 5.69 Å². The first kappa shape index (κ1) is 22.0. The van der Waals surface area contributed by atoms with E-state index in [2.05, 4.69) is 20.9 Å². The smallest absolute Gasteiger partial charge is 0.278 e. The van der Waals surface area contributed by atoms with Crippen molar-refractivity contribution in [3.63, 3.8) is 0 Å². The fraction of sp³-hybridized carbons (Fsp3) is 0.304. The minimum absolute atomic E-state index is 0.145. The third kappa shape index (κ3) is 4.91. The molecule has 2 N–H and O–H groups in total. The molecule has 0 saturated carbocycles. The highest BCUT2D eigenvalue weighted by Gasteiger charge is 2.21. The van der Waals surface area contributed by atoms with Gasteiger partial charge in [0.2, 0.25) is 5.91 Å². The van der Waals surface area contributed by atoms with Crippen molar-refractivity contribution >= 4 is 23.2 Å². The molecule has 1 heterocycles. The molecule has 0 atom stereocenters. The third-order valence-electron chi connectivity index (χ3n) is 4.82. The second kappa shape index (κ2) is 8.59. The number of carbonyl (C=O) groups excluding carboxylic acids is 2. The fourth-order valence-corrected chi connectivity index (χ4v) is 3.24. The van der Waals surface area contributed by atoms with E-state index in [4.69, 9.17) is 4.74 Å². The minimum Gasteiger partial charge on any atom is -0.497 e. The summed E-state index contributed by atoms with van der Waals surface area (Å²) >= 11 is 0. The van der Waals surface area contributed by atoms with Crippen molar-refractivity contribution in [2.75, 3.05) is 17.7 Å². The van der Waals surface area contributed by atoms with Crippen LogP contribution in [0, 0.1) is 6.92 Å². The molecule has 8 heteroatoms. The summed E-state index contributed by atoms with van der Waals surface area (Å²) in [5, 5.41) is 13.9. The molecule has 0 bridgehead atoms. The molecule has 2 aromatic carbocycles. The molecule has 0 aliphatic heterocycles. The Bertz CT molecular complexity index is 1110. The molecule has 3 rings (SSSR count). The molecule has 31 heavy (non-hydrogen) atoms. The number of methoxy groups -OCH3 is 1. The first-order chi connectivity index (χ1) is 14.6. The largest absolute Gasteiger partial charge is 0.497 e. The molecule has 8 nitrogen and oxygen atoms in total. The Hall–Kier alpha value is -3.68. The lowest BCUT2D eigenvalue weighted by Gasteiger charge is -2.24. The van der Waals surface area contributed by atoms with Gasteiger partial charge >= 0.3 is 0 Å². The van der Waals surface area contributed by atoms with Gasteiger partial charge in [0.1, 0.15) is 5.75 Å². The van der Waals surface area contributed by atoms with Gasteiger partial charge in [0.25, 0.3) is 5.91 Å². The molecule has 3 aromatic rings. The van der Waals surface area contributed by atoms with Gasteiger partial charge < -0.3 is 15.4 Å². The first-order valence-electron chi connectivity index (χ1n) is 9.90. The van der Waals surface area contributed by atoms with E-state index in [1.54, 1.807) is 30.8 Å². The molecule has 0 spiro atoms.